The van der Waals surface area contributed by atoms with Crippen LogP contribution in [-0.2, 0) is 0 Å². The lowest BCUT2D eigenvalue weighted by molar-refractivity contribution is 0.0683. The summed E-state index contributed by atoms with van der Waals surface area (Å²) in [5, 5.41) is 76.7. The number of ether oxygens (including phenoxy) is 2. The van der Waals surface area contributed by atoms with Crippen molar-refractivity contribution in [1.82, 2.24) is 0 Å². The van der Waals surface area contributed by atoms with Gasteiger partial charge < -0.3 is 50.3 Å². The van der Waals surface area contributed by atoms with Crippen molar-refractivity contribution in [1.29, 1.82) is 0 Å². The molecule has 3 aromatic rings. The molecule has 0 spiro atoms. The first kappa shape index (κ1) is 23.3. The van der Waals surface area contributed by atoms with Crippen LogP contribution >= 0.6 is 0 Å². The molecule has 176 valence electrons. The highest BCUT2D eigenvalue weighted by atomic mass is 16.5. The third-order valence-corrected chi connectivity index (χ3v) is 4.30. The fourth-order valence-electron chi connectivity index (χ4n) is 2.65. The summed E-state index contributed by atoms with van der Waals surface area (Å²) in [6.07, 6.45) is 0. The van der Waals surface area contributed by atoms with Gasteiger partial charge >= 0.3 is 17.9 Å². The molecule has 0 aliphatic rings. The number of aromatic hydroxyl groups is 7. The number of carbonyl (C=O) groups excluding carboxylic acids is 2. The Bertz CT molecular complexity index is 1320. The fraction of sp³-hybridized carbons (Fsp3) is 0. The van der Waals surface area contributed by atoms with Gasteiger partial charge in [0, 0.05) is 12.1 Å². The Morgan fingerprint density at radius 1 is 0.559 bits per heavy atom. The average Bonchev–Trinajstić information content (AvgIpc) is 2.76. The van der Waals surface area contributed by atoms with Gasteiger partial charge in [-0.3, -0.25) is 0 Å². The molecule has 8 N–H and O–H groups in total. The van der Waals surface area contributed by atoms with Crippen molar-refractivity contribution in [2.45, 2.75) is 0 Å². The highest BCUT2D eigenvalue weighted by Gasteiger charge is 2.24. The van der Waals surface area contributed by atoms with Crippen molar-refractivity contribution < 1.29 is 64.7 Å². The van der Waals surface area contributed by atoms with Crippen LogP contribution < -0.4 is 9.47 Å². The summed E-state index contributed by atoms with van der Waals surface area (Å²) in [5.74, 6) is -11.9. The minimum absolute atomic E-state index is 0.476. The molecule has 0 saturated carbocycles. The number of carboxylic acids is 1. The number of rotatable bonds is 5. The minimum atomic E-state index is -1.51. The molecule has 34 heavy (non-hydrogen) atoms. The zero-order chi connectivity index (χ0) is 25.3. The number of carboxylic acid groups (broad SMARTS) is 1. The molecule has 0 atom stereocenters. The number of carbonyl (C=O) groups is 3. The summed E-state index contributed by atoms with van der Waals surface area (Å²) in [7, 11) is 0. The lowest BCUT2D eigenvalue weighted by Gasteiger charge is -2.12. The monoisotopic (exact) mass is 474 g/mol. The molecule has 0 amide bonds. The normalized spacial score (nSPS) is 10.5. The van der Waals surface area contributed by atoms with E-state index >= 15 is 0 Å². The summed E-state index contributed by atoms with van der Waals surface area (Å²) in [5.41, 5.74) is -1.88. The molecule has 13 nitrogen and oxygen atoms in total. The number of aromatic carboxylic acids is 1. The van der Waals surface area contributed by atoms with Crippen LogP contribution in [0.25, 0.3) is 0 Å². The lowest BCUT2D eigenvalue weighted by atomic mass is 10.1. The second kappa shape index (κ2) is 8.66. The number of phenolic OH excluding ortho intramolecular Hbond substituents is 7. The molecule has 0 saturated heterocycles. The molecule has 0 radical (unpaired) electrons. The maximum absolute atomic E-state index is 12.5. The van der Waals surface area contributed by atoms with Gasteiger partial charge in [-0.15, -0.1) is 0 Å². The van der Waals surface area contributed by atoms with Gasteiger partial charge in [-0.25, -0.2) is 14.4 Å². The lowest BCUT2D eigenvalue weighted by Crippen LogP contribution is -2.13. The van der Waals surface area contributed by atoms with Crippen LogP contribution in [0.3, 0.4) is 0 Å². The van der Waals surface area contributed by atoms with Gasteiger partial charge in [0.25, 0.3) is 0 Å². The number of hydrogen-bond acceptors (Lipinski definition) is 12. The van der Waals surface area contributed by atoms with E-state index in [2.05, 4.69) is 0 Å². The number of benzene rings is 3. The molecule has 0 bridgehead atoms. The summed E-state index contributed by atoms with van der Waals surface area (Å²) < 4.78 is 9.70. The summed E-state index contributed by atoms with van der Waals surface area (Å²) in [4.78, 5) is 36.0. The summed E-state index contributed by atoms with van der Waals surface area (Å²) in [6.45, 7) is 0. The minimum Gasteiger partial charge on any atom is -0.504 e. The van der Waals surface area contributed by atoms with E-state index in [-0.39, 0.29) is 0 Å². The third-order valence-electron chi connectivity index (χ3n) is 4.30. The van der Waals surface area contributed by atoms with E-state index in [1.165, 1.54) is 0 Å². The van der Waals surface area contributed by atoms with Crippen LogP contribution in [-0.4, -0.2) is 58.8 Å². The molecular weight excluding hydrogens is 460 g/mol. The van der Waals surface area contributed by atoms with Gasteiger partial charge in [0.1, 0.15) is 11.3 Å². The molecule has 0 aromatic heterocycles. The van der Waals surface area contributed by atoms with Crippen LogP contribution in [0.5, 0.6) is 51.7 Å². The van der Waals surface area contributed by atoms with Crippen molar-refractivity contribution in [3.8, 4) is 51.7 Å². The van der Waals surface area contributed by atoms with Gasteiger partial charge in [0.05, 0.1) is 11.1 Å². The van der Waals surface area contributed by atoms with Gasteiger partial charge in [-0.05, 0) is 24.3 Å². The van der Waals surface area contributed by atoms with E-state index in [1.807, 2.05) is 0 Å². The highest BCUT2D eigenvalue weighted by Crippen LogP contribution is 2.40. The zero-order valence-corrected chi connectivity index (χ0v) is 16.6. The van der Waals surface area contributed by atoms with E-state index in [4.69, 9.17) is 14.6 Å². The second-order valence-electron chi connectivity index (χ2n) is 6.63. The standard InChI is InChI=1S/C21H14O13/c22-11-3-8(20(31)34-15-4-7(19(29)30)2-12(23)18(15)28)1-10(16(11)26)21(32)33-9-5-13(24)17(27)14(25)6-9/h1-6,22-28H,(H,29,30). The molecule has 3 aromatic carbocycles. The second-order valence-corrected chi connectivity index (χ2v) is 6.63. The van der Waals surface area contributed by atoms with Crippen LogP contribution in [0.4, 0.5) is 0 Å². The first-order valence-corrected chi connectivity index (χ1v) is 8.93. The molecule has 0 aliphatic heterocycles. The first-order chi connectivity index (χ1) is 15.9. The van der Waals surface area contributed by atoms with Crippen LogP contribution in [0.1, 0.15) is 31.1 Å². The smallest absolute Gasteiger partial charge is 0.347 e. The Balaban J connectivity index is 1.93. The molecule has 0 unspecified atom stereocenters. The van der Waals surface area contributed by atoms with E-state index in [9.17, 15) is 50.1 Å². The molecule has 3 rings (SSSR count). The van der Waals surface area contributed by atoms with Crippen LogP contribution in [0.2, 0.25) is 0 Å². The van der Waals surface area contributed by atoms with Gasteiger partial charge in [-0.1, -0.05) is 0 Å². The zero-order valence-electron chi connectivity index (χ0n) is 16.6. The maximum atomic E-state index is 12.5. The SMILES string of the molecule is O=C(O)c1cc(O)c(O)c(OC(=O)c2cc(O)c(O)c(C(=O)Oc3cc(O)c(O)c(O)c3)c2)c1. The van der Waals surface area contributed by atoms with Crippen molar-refractivity contribution in [2.24, 2.45) is 0 Å². The highest BCUT2D eigenvalue weighted by molar-refractivity contribution is 6.00. The predicted octanol–water partition coefficient (Wildman–Crippen LogP) is 1.76. The topological polar surface area (TPSA) is 232 Å². The fourth-order valence-corrected chi connectivity index (χ4v) is 2.65. The molecule has 13 heteroatoms. The average molecular weight is 474 g/mol. The van der Waals surface area contributed by atoms with Crippen LogP contribution in [0, 0.1) is 0 Å². The van der Waals surface area contributed by atoms with E-state index in [0.29, 0.717) is 12.1 Å². The molecule has 0 heterocycles. The predicted molar refractivity (Wildman–Crippen MR) is 108 cm³/mol. The quantitative estimate of drug-likeness (QED) is 0.150. The Morgan fingerprint density at radius 2 is 1.09 bits per heavy atom. The number of esters is 2. The van der Waals surface area contributed by atoms with Gasteiger partial charge in [-0.2, -0.15) is 0 Å². The molecule has 0 aliphatic carbocycles. The van der Waals surface area contributed by atoms with E-state index in [1.54, 1.807) is 0 Å². The number of phenols is 7. The summed E-state index contributed by atoms with van der Waals surface area (Å²) >= 11 is 0. The van der Waals surface area contributed by atoms with Crippen molar-refractivity contribution in [3.63, 3.8) is 0 Å². The van der Waals surface area contributed by atoms with Gasteiger partial charge in [0.15, 0.2) is 34.5 Å². The number of hydrogen-bond donors (Lipinski definition) is 8. The Hall–Kier alpha value is -5.33. The van der Waals surface area contributed by atoms with Crippen molar-refractivity contribution in [3.05, 3.63) is 53.1 Å². The van der Waals surface area contributed by atoms with Crippen molar-refractivity contribution >= 4 is 17.9 Å². The summed E-state index contributed by atoms with van der Waals surface area (Å²) in [6, 6.07) is 4.35. The van der Waals surface area contributed by atoms with Crippen molar-refractivity contribution in [2.75, 3.05) is 0 Å². The molecular formula is C21H14O13. The Labute approximate surface area is 188 Å². The van der Waals surface area contributed by atoms with Crippen LogP contribution in [0.15, 0.2) is 36.4 Å². The van der Waals surface area contributed by atoms with E-state index < -0.39 is 86.3 Å². The largest absolute Gasteiger partial charge is 0.504 e. The maximum Gasteiger partial charge on any atom is 0.347 e. The molecule has 0 fully saturated rings. The van der Waals surface area contributed by atoms with E-state index in [0.717, 1.165) is 24.3 Å². The first-order valence-electron chi connectivity index (χ1n) is 8.93. The third kappa shape index (κ3) is 4.47. The Kier molecular flexibility index (Phi) is 5.94. The Morgan fingerprint density at radius 3 is 1.68 bits per heavy atom. The van der Waals surface area contributed by atoms with Gasteiger partial charge in [0.2, 0.25) is 11.5 Å².